The number of rotatable bonds is 3. The van der Waals surface area contributed by atoms with E-state index in [0.717, 1.165) is 12.0 Å². The summed E-state index contributed by atoms with van der Waals surface area (Å²) in [6, 6.07) is 8.43. The Kier molecular flexibility index (Phi) is 3.55. The van der Waals surface area contributed by atoms with Crippen LogP contribution in [0.15, 0.2) is 24.3 Å². The van der Waals surface area contributed by atoms with Crippen molar-refractivity contribution in [2.24, 2.45) is 23.5 Å². The van der Waals surface area contributed by atoms with Gasteiger partial charge in [-0.1, -0.05) is 29.8 Å². The highest BCUT2D eigenvalue weighted by Gasteiger charge is 2.49. The van der Waals surface area contributed by atoms with Gasteiger partial charge in [-0.2, -0.15) is 0 Å². The fourth-order valence-electron chi connectivity index (χ4n) is 4.06. The lowest BCUT2D eigenvalue weighted by Crippen LogP contribution is -2.45. The molecule has 20 heavy (non-hydrogen) atoms. The molecule has 0 aliphatic heterocycles. The largest absolute Gasteiger partial charge is 0.349 e. The van der Waals surface area contributed by atoms with Gasteiger partial charge < -0.3 is 11.1 Å². The Labute approximate surface area is 120 Å². The van der Waals surface area contributed by atoms with Gasteiger partial charge in [-0.05, 0) is 50.5 Å². The third-order valence-electron chi connectivity index (χ3n) is 5.18. The van der Waals surface area contributed by atoms with E-state index in [-0.39, 0.29) is 23.9 Å². The number of aryl methyl sites for hydroxylation is 1. The van der Waals surface area contributed by atoms with E-state index in [9.17, 15) is 4.79 Å². The standard InChI is InChI=1S/C17H24N2O/c1-10-4-3-5-12(8-10)11(2)19-17(20)15-13-6-7-14(9-13)16(15)18/h3-5,8,11,13-16H,6-7,9,18H2,1-2H3,(H,19,20)/t11-,13?,14?,15?,16?/m0/s1. The lowest BCUT2D eigenvalue weighted by Gasteiger charge is -2.28. The number of amides is 1. The number of nitrogens with two attached hydrogens (primary N) is 1. The van der Waals surface area contributed by atoms with Crippen LogP contribution in [-0.2, 0) is 4.79 Å². The van der Waals surface area contributed by atoms with Crippen molar-refractivity contribution >= 4 is 5.91 Å². The van der Waals surface area contributed by atoms with Crippen LogP contribution in [0.5, 0.6) is 0 Å². The van der Waals surface area contributed by atoms with Crippen molar-refractivity contribution in [2.75, 3.05) is 0 Å². The van der Waals surface area contributed by atoms with Gasteiger partial charge in [0.05, 0.1) is 12.0 Å². The van der Waals surface area contributed by atoms with Gasteiger partial charge in [-0.3, -0.25) is 4.79 Å². The van der Waals surface area contributed by atoms with Crippen LogP contribution in [0.4, 0.5) is 0 Å². The molecule has 1 aromatic rings. The van der Waals surface area contributed by atoms with Gasteiger partial charge in [0.25, 0.3) is 0 Å². The second-order valence-corrected chi connectivity index (χ2v) is 6.58. The number of carbonyl (C=O) groups excluding carboxylic acids is 1. The van der Waals surface area contributed by atoms with E-state index in [1.54, 1.807) is 0 Å². The van der Waals surface area contributed by atoms with Crippen molar-refractivity contribution in [3.05, 3.63) is 35.4 Å². The molecule has 2 bridgehead atoms. The molecule has 2 aliphatic rings. The second kappa shape index (κ2) is 5.21. The minimum absolute atomic E-state index is 0.0287. The Morgan fingerprint density at radius 2 is 2.10 bits per heavy atom. The molecule has 3 rings (SSSR count). The van der Waals surface area contributed by atoms with Crippen LogP contribution in [0.3, 0.4) is 0 Å². The van der Waals surface area contributed by atoms with Gasteiger partial charge in [-0.25, -0.2) is 0 Å². The molecule has 1 aromatic carbocycles. The highest BCUT2D eigenvalue weighted by molar-refractivity contribution is 5.80. The maximum Gasteiger partial charge on any atom is 0.225 e. The third-order valence-corrected chi connectivity index (χ3v) is 5.18. The summed E-state index contributed by atoms with van der Waals surface area (Å²) >= 11 is 0. The van der Waals surface area contributed by atoms with E-state index < -0.39 is 0 Å². The zero-order valence-electron chi connectivity index (χ0n) is 12.3. The quantitative estimate of drug-likeness (QED) is 0.888. The van der Waals surface area contributed by atoms with Gasteiger partial charge >= 0.3 is 0 Å². The number of hydrogen-bond acceptors (Lipinski definition) is 2. The monoisotopic (exact) mass is 272 g/mol. The molecular weight excluding hydrogens is 248 g/mol. The van der Waals surface area contributed by atoms with Crippen LogP contribution >= 0.6 is 0 Å². The van der Waals surface area contributed by atoms with Gasteiger partial charge in [0.1, 0.15) is 0 Å². The number of benzene rings is 1. The van der Waals surface area contributed by atoms with Crippen molar-refractivity contribution in [1.29, 1.82) is 0 Å². The summed E-state index contributed by atoms with van der Waals surface area (Å²) in [5.41, 5.74) is 8.63. The first-order chi connectivity index (χ1) is 9.56. The molecule has 108 valence electrons. The molecule has 2 fully saturated rings. The van der Waals surface area contributed by atoms with Crippen molar-refractivity contribution in [3.63, 3.8) is 0 Å². The van der Waals surface area contributed by atoms with Crippen LogP contribution in [0, 0.1) is 24.7 Å². The second-order valence-electron chi connectivity index (χ2n) is 6.58. The zero-order chi connectivity index (χ0) is 14.3. The van der Waals surface area contributed by atoms with E-state index in [0.29, 0.717) is 11.8 Å². The van der Waals surface area contributed by atoms with Gasteiger partial charge in [0.2, 0.25) is 5.91 Å². The molecule has 0 heterocycles. The summed E-state index contributed by atoms with van der Waals surface area (Å²) in [6.45, 7) is 4.12. The molecule has 2 saturated carbocycles. The molecular formula is C17H24N2O. The summed E-state index contributed by atoms with van der Waals surface area (Å²) < 4.78 is 0. The molecule has 3 nitrogen and oxygen atoms in total. The maximum absolute atomic E-state index is 12.5. The predicted molar refractivity (Wildman–Crippen MR) is 80.0 cm³/mol. The molecule has 0 saturated heterocycles. The Morgan fingerprint density at radius 3 is 2.75 bits per heavy atom. The first-order valence-electron chi connectivity index (χ1n) is 7.69. The summed E-state index contributed by atoms with van der Waals surface area (Å²) in [5, 5.41) is 3.16. The molecule has 2 aliphatic carbocycles. The van der Waals surface area contributed by atoms with Crippen molar-refractivity contribution < 1.29 is 4.79 Å². The fourth-order valence-corrected chi connectivity index (χ4v) is 4.06. The van der Waals surface area contributed by atoms with Gasteiger partial charge in [0.15, 0.2) is 0 Å². The molecule has 3 N–H and O–H groups in total. The Balaban J connectivity index is 1.67. The Bertz CT molecular complexity index is 511. The van der Waals surface area contributed by atoms with E-state index in [2.05, 4.69) is 30.4 Å². The molecule has 3 heteroatoms. The summed E-state index contributed by atoms with van der Waals surface area (Å²) in [7, 11) is 0. The highest BCUT2D eigenvalue weighted by Crippen LogP contribution is 2.47. The number of hydrogen-bond donors (Lipinski definition) is 2. The normalized spacial score (nSPS) is 33.1. The average molecular weight is 272 g/mol. The highest BCUT2D eigenvalue weighted by atomic mass is 16.2. The molecule has 1 amide bonds. The SMILES string of the molecule is Cc1cccc([C@H](C)NC(=O)C2C3CCC(C3)C2N)c1. The van der Waals surface area contributed by atoms with E-state index in [4.69, 9.17) is 5.73 Å². The Hall–Kier alpha value is -1.35. The van der Waals surface area contributed by atoms with Crippen LogP contribution in [0.2, 0.25) is 0 Å². The number of nitrogens with one attached hydrogen (secondary N) is 1. The summed E-state index contributed by atoms with van der Waals surface area (Å²) in [4.78, 5) is 12.5. The minimum Gasteiger partial charge on any atom is -0.349 e. The minimum atomic E-state index is 0.0287. The predicted octanol–water partition coefficient (Wildman–Crippen LogP) is 2.55. The molecule has 5 atom stereocenters. The van der Waals surface area contributed by atoms with Crippen molar-refractivity contribution in [3.8, 4) is 0 Å². The smallest absolute Gasteiger partial charge is 0.225 e. The first-order valence-corrected chi connectivity index (χ1v) is 7.69. The first kappa shape index (κ1) is 13.6. The number of fused-ring (bicyclic) bond motifs is 2. The lowest BCUT2D eigenvalue weighted by molar-refractivity contribution is -0.127. The van der Waals surface area contributed by atoms with Crippen LogP contribution < -0.4 is 11.1 Å². The molecule has 4 unspecified atom stereocenters. The topological polar surface area (TPSA) is 55.1 Å². The van der Waals surface area contributed by atoms with Crippen molar-refractivity contribution in [2.45, 2.75) is 45.2 Å². The average Bonchev–Trinajstić information content (AvgIpc) is 2.99. The third kappa shape index (κ3) is 2.35. The molecule has 0 aromatic heterocycles. The van der Waals surface area contributed by atoms with E-state index in [1.165, 1.54) is 18.4 Å². The molecule has 0 spiro atoms. The lowest BCUT2D eigenvalue weighted by atomic mass is 9.84. The molecule has 0 radical (unpaired) electrons. The summed E-state index contributed by atoms with van der Waals surface area (Å²) in [6.07, 6.45) is 3.54. The zero-order valence-corrected chi connectivity index (χ0v) is 12.3. The maximum atomic E-state index is 12.5. The van der Waals surface area contributed by atoms with E-state index >= 15 is 0 Å². The van der Waals surface area contributed by atoms with Gasteiger partial charge in [-0.15, -0.1) is 0 Å². The van der Waals surface area contributed by atoms with E-state index in [1.807, 2.05) is 13.0 Å². The summed E-state index contributed by atoms with van der Waals surface area (Å²) in [5.74, 6) is 1.27. The van der Waals surface area contributed by atoms with Crippen LogP contribution in [0.25, 0.3) is 0 Å². The van der Waals surface area contributed by atoms with Gasteiger partial charge in [0, 0.05) is 6.04 Å². The Morgan fingerprint density at radius 1 is 1.35 bits per heavy atom. The van der Waals surface area contributed by atoms with Crippen LogP contribution in [0.1, 0.15) is 43.4 Å². The van der Waals surface area contributed by atoms with Crippen LogP contribution in [-0.4, -0.2) is 11.9 Å². The fraction of sp³-hybridized carbons (Fsp3) is 0.588. The number of carbonyl (C=O) groups is 1. The van der Waals surface area contributed by atoms with Crippen molar-refractivity contribution in [1.82, 2.24) is 5.32 Å².